The van der Waals surface area contributed by atoms with Crippen LogP contribution >= 0.6 is 0 Å². The number of para-hydroxylation sites is 1. The first-order valence-corrected chi connectivity index (χ1v) is 10.7. The number of fused-ring (bicyclic) bond motifs is 1. The lowest BCUT2D eigenvalue weighted by Crippen LogP contribution is -2.40. The van der Waals surface area contributed by atoms with E-state index in [-0.39, 0.29) is 35.8 Å². The highest BCUT2D eigenvalue weighted by Gasteiger charge is 2.35. The molecule has 0 bridgehead atoms. The van der Waals surface area contributed by atoms with Crippen molar-refractivity contribution in [2.24, 2.45) is 5.92 Å². The molecule has 34 heavy (non-hydrogen) atoms. The average molecular weight is 485 g/mol. The Bertz CT molecular complexity index is 1230. The Hall–Kier alpha value is -3.24. The highest BCUT2D eigenvalue weighted by atomic mass is 19.4. The number of amides is 1. The van der Waals surface area contributed by atoms with E-state index in [1.165, 1.54) is 24.3 Å². The number of carbonyl (C=O) groups is 1. The smallest absolute Gasteiger partial charge is 0.342 e. The number of piperidine rings is 1. The summed E-state index contributed by atoms with van der Waals surface area (Å²) >= 11 is 0. The molecule has 2 heterocycles. The standard InChI is InChI=1S/C23H21F6N3O2/c24-22(25,26)16-6-4-14(5-7-16)12-19(33)31-10-8-15(9-11-31)13-32-20-17(23(27,28)29)2-1-3-18(20)30-21(32)34/h1-7,15H,8-13H2,(H,30,34). The summed E-state index contributed by atoms with van der Waals surface area (Å²) in [5.41, 5.74) is -1.89. The van der Waals surface area contributed by atoms with Gasteiger partial charge in [0.15, 0.2) is 0 Å². The molecule has 2 aromatic carbocycles. The zero-order valence-electron chi connectivity index (χ0n) is 17.8. The van der Waals surface area contributed by atoms with Crippen LogP contribution in [-0.4, -0.2) is 33.4 Å². The number of benzene rings is 2. The molecule has 1 N–H and O–H groups in total. The number of hydrogen-bond donors (Lipinski definition) is 1. The Morgan fingerprint density at radius 1 is 0.941 bits per heavy atom. The number of nitrogens with one attached hydrogen (secondary N) is 1. The summed E-state index contributed by atoms with van der Waals surface area (Å²) in [6, 6.07) is 8.02. The molecule has 0 radical (unpaired) electrons. The lowest BCUT2D eigenvalue weighted by Gasteiger charge is -2.32. The predicted molar refractivity (Wildman–Crippen MR) is 112 cm³/mol. The third-order valence-corrected chi connectivity index (χ3v) is 6.14. The molecule has 0 atom stereocenters. The molecular formula is C23H21F6N3O2. The largest absolute Gasteiger partial charge is 0.418 e. The van der Waals surface area contributed by atoms with Gasteiger partial charge in [-0.25, -0.2) is 4.79 Å². The number of alkyl halides is 6. The van der Waals surface area contributed by atoms with E-state index in [4.69, 9.17) is 0 Å². The Morgan fingerprint density at radius 2 is 1.59 bits per heavy atom. The molecule has 11 heteroatoms. The van der Waals surface area contributed by atoms with Gasteiger partial charge in [0.25, 0.3) is 0 Å². The number of aromatic nitrogens is 2. The van der Waals surface area contributed by atoms with E-state index in [0.29, 0.717) is 31.5 Å². The fourth-order valence-electron chi connectivity index (χ4n) is 4.34. The van der Waals surface area contributed by atoms with E-state index < -0.39 is 29.2 Å². The van der Waals surface area contributed by atoms with Gasteiger partial charge in [-0.05, 0) is 48.6 Å². The summed E-state index contributed by atoms with van der Waals surface area (Å²) in [6.07, 6.45) is -8.11. The minimum absolute atomic E-state index is 0.0420. The van der Waals surface area contributed by atoms with Crippen molar-refractivity contribution >= 4 is 16.9 Å². The zero-order valence-corrected chi connectivity index (χ0v) is 17.8. The summed E-state index contributed by atoms with van der Waals surface area (Å²) in [5.74, 6) is -0.338. The number of H-pyrrole nitrogens is 1. The monoisotopic (exact) mass is 485 g/mol. The van der Waals surface area contributed by atoms with E-state index in [1.807, 2.05) is 0 Å². The Balaban J connectivity index is 1.40. The number of carbonyl (C=O) groups excluding carboxylic acids is 1. The highest BCUT2D eigenvalue weighted by molar-refractivity contribution is 5.80. The summed E-state index contributed by atoms with van der Waals surface area (Å²) in [7, 11) is 0. The molecule has 3 aromatic rings. The highest BCUT2D eigenvalue weighted by Crippen LogP contribution is 2.34. The number of nitrogens with zero attached hydrogens (tertiary/aromatic N) is 2. The summed E-state index contributed by atoms with van der Waals surface area (Å²) in [4.78, 5) is 29.0. The topological polar surface area (TPSA) is 58.1 Å². The second-order valence-corrected chi connectivity index (χ2v) is 8.44. The van der Waals surface area contributed by atoms with Crippen LogP contribution in [0, 0.1) is 5.92 Å². The Kier molecular flexibility index (Phi) is 6.22. The Morgan fingerprint density at radius 3 is 2.18 bits per heavy atom. The second kappa shape index (κ2) is 8.84. The normalized spacial score (nSPS) is 15.8. The van der Waals surface area contributed by atoms with Crippen LogP contribution < -0.4 is 5.69 Å². The maximum atomic E-state index is 13.5. The van der Waals surface area contributed by atoms with Crippen LogP contribution in [0.25, 0.3) is 11.0 Å². The first kappa shape index (κ1) is 23.9. The number of imidazole rings is 1. The molecule has 1 aromatic heterocycles. The molecule has 0 spiro atoms. The van der Waals surface area contributed by atoms with Crippen molar-refractivity contribution in [2.45, 2.75) is 38.2 Å². The zero-order chi connectivity index (χ0) is 24.7. The molecule has 0 saturated carbocycles. The van der Waals surface area contributed by atoms with Gasteiger partial charge in [-0.1, -0.05) is 18.2 Å². The minimum atomic E-state index is -4.61. The molecule has 1 aliphatic rings. The van der Waals surface area contributed by atoms with Crippen LogP contribution in [0.5, 0.6) is 0 Å². The van der Waals surface area contributed by atoms with Crippen LogP contribution in [0.1, 0.15) is 29.5 Å². The van der Waals surface area contributed by atoms with Crippen LogP contribution in [0.15, 0.2) is 47.3 Å². The SMILES string of the molecule is O=C(Cc1ccc(C(F)(F)F)cc1)N1CCC(Cn2c(=O)[nH]c3cccc(C(F)(F)F)c32)CC1. The first-order chi connectivity index (χ1) is 15.9. The van der Waals surface area contributed by atoms with Crippen LogP contribution in [0.2, 0.25) is 0 Å². The lowest BCUT2D eigenvalue weighted by atomic mass is 9.96. The average Bonchev–Trinajstić information content (AvgIpc) is 3.08. The molecule has 0 aliphatic carbocycles. The van der Waals surface area contributed by atoms with Gasteiger partial charge in [0.1, 0.15) is 0 Å². The van der Waals surface area contributed by atoms with E-state index >= 15 is 0 Å². The number of halogens is 6. The fourth-order valence-corrected chi connectivity index (χ4v) is 4.34. The maximum absolute atomic E-state index is 13.5. The van der Waals surface area contributed by atoms with Gasteiger partial charge in [-0.3, -0.25) is 9.36 Å². The predicted octanol–water partition coefficient (Wildman–Crippen LogP) is 4.85. The number of aromatic amines is 1. The van der Waals surface area contributed by atoms with Gasteiger partial charge in [0.2, 0.25) is 5.91 Å². The van der Waals surface area contributed by atoms with Crippen molar-refractivity contribution in [1.82, 2.24) is 14.5 Å². The first-order valence-electron chi connectivity index (χ1n) is 10.7. The fraction of sp³-hybridized carbons (Fsp3) is 0.391. The number of hydrogen-bond acceptors (Lipinski definition) is 2. The van der Waals surface area contributed by atoms with Crippen molar-refractivity contribution in [1.29, 1.82) is 0 Å². The molecule has 5 nitrogen and oxygen atoms in total. The molecular weight excluding hydrogens is 464 g/mol. The van der Waals surface area contributed by atoms with Gasteiger partial charge < -0.3 is 9.88 Å². The summed E-state index contributed by atoms with van der Waals surface area (Å²) in [5, 5.41) is 0. The third kappa shape index (κ3) is 4.97. The second-order valence-electron chi connectivity index (χ2n) is 8.44. The molecule has 1 aliphatic heterocycles. The van der Waals surface area contributed by atoms with E-state index in [1.54, 1.807) is 4.90 Å². The van der Waals surface area contributed by atoms with Gasteiger partial charge in [-0.2, -0.15) is 26.3 Å². The molecule has 1 amide bonds. The van der Waals surface area contributed by atoms with Gasteiger partial charge >= 0.3 is 18.0 Å². The molecule has 182 valence electrons. The summed E-state index contributed by atoms with van der Waals surface area (Å²) in [6.45, 7) is 0.799. The van der Waals surface area contributed by atoms with Crippen molar-refractivity contribution in [3.05, 3.63) is 69.6 Å². The molecule has 1 fully saturated rings. The number of rotatable bonds is 4. The third-order valence-electron chi connectivity index (χ3n) is 6.14. The molecule has 4 rings (SSSR count). The van der Waals surface area contributed by atoms with Gasteiger partial charge in [0, 0.05) is 19.6 Å². The van der Waals surface area contributed by atoms with Crippen molar-refractivity contribution in [2.75, 3.05) is 13.1 Å². The van der Waals surface area contributed by atoms with Crippen LogP contribution in [0.4, 0.5) is 26.3 Å². The van der Waals surface area contributed by atoms with E-state index in [0.717, 1.165) is 22.8 Å². The van der Waals surface area contributed by atoms with Crippen molar-refractivity contribution in [3.63, 3.8) is 0 Å². The maximum Gasteiger partial charge on any atom is 0.418 e. The van der Waals surface area contributed by atoms with Crippen molar-refractivity contribution < 1.29 is 31.1 Å². The van der Waals surface area contributed by atoms with Crippen LogP contribution in [0.3, 0.4) is 0 Å². The van der Waals surface area contributed by atoms with Gasteiger partial charge in [0.05, 0.1) is 28.6 Å². The van der Waals surface area contributed by atoms with Crippen LogP contribution in [-0.2, 0) is 30.1 Å². The van der Waals surface area contributed by atoms with E-state index in [9.17, 15) is 35.9 Å². The van der Waals surface area contributed by atoms with Gasteiger partial charge in [-0.15, -0.1) is 0 Å². The van der Waals surface area contributed by atoms with Crippen molar-refractivity contribution in [3.8, 4) is 0 Å². The quantitative estimate of drug-likeness (QED) is 0.538. The number of likely N-dealkylation sites (tertiary alicyclic amines) is 1. The minimum Gasteiger partial charge on any atom is -0.342 e. The summed E-state index contributed by atoms with van der Waals surface area (Å²) < 4.78 is 79.5. The van der Waals surface area contributed by atoms with E-state index in [2.05, 4.69) is 4.98 Å². The molecule has 0 unspecified atom stereocenters. The lowest BCUT2D eigenvalue weighted by molar-refractivity contribution is -0.138. The Labute approximate surface area is 190 Å². The molecule has 1 saturated heterocycles.